The lowest BCUT2D eigenvalue weighted by molar-refractivity contribution is -0.117. The number of esters is 2. The third kappa shape index (κ3) is 6.55. The van der Waals surface area contributed by atoms with Crippen molar-refractivity contribution in [2.75, 3.05) is 51.6 Å². The maximum absolute atomic E-state index is 12.7. The van der Waals surface area contributed by atoms with Gasteiger partial charge in [-0.15, -0.1) is 0 Å². The standard InChI is InChI=1S/C23H29N3O5/c1-6-26(14-16-7-10-18(11-8-16)25(2)3)15-21(27)24-20-13-17(22(28)30-4)9-12-19(20)23(29)31-5/h7-13H,6,14-15H2,1-5H3,(H,24,27). The van der Waals surface area contributed by atoms with Gasteiger partial charge in [0.25, 0.3) is 0 Å². The summed E-state index contributed by atoms with van der Waals surface area (Å²) in [5.41, 5.74) is 2.77. The van der Waals surface area contributed by atoms with E-state index >= 15 is 0 Å². The van der Waals surface area contributed by atoms with E-state index in [1.807, 2.05) is 55.1 Å². The van der Waals surface area contributed by atoms with Crippen LogP contribution in [0.4, 0.5) is 11.4 Å². The molecule has 166 valence electrons. The summed E-state index contributed by atoms with van der Waals surface area (Å²) in [5, 5.41) is 2.72. The highest BCUT2D eigenvalue weighted by atomic mass is 16.5. The van der Waals surface area contributed by atoms with Crippen molar-refractivity contribution in [3.8, 4) is 0 Å². The highest BCUT2D eigenvalue weighted by molar-refractivity contribution is 6.03. The largest absolute Gasteiger partial charge is 0.465 e. The van der Waals surface area contributed by atoms with Crippen molar-refractivity contribution in [2.24, 2.45) is 0 Å². The lowest BCUT2D eigenvalue weighted by Gasteiger charge is -2.21. The van der Waals surface area contributed by atoms with Crippen LogP contribution in [-0.4, -0.2) is 64.2 Å². The first-order chi connectivity index (χ1) is 14.8. The van der Waals surface area contributed by atoms with Gasteiger partial charge in [0.1, 0.15) is 0 Å². The van der Waals surface area contributed by atoms with Crippen LogP contribution in [0.5, 0.6) is 0 Å². The summed E-state index contributed by atoms with van der Waals surface area (Å²) in [5.74, 6) is -1.48. The second-order valence-electron chi connectivity index (χ2n) is 7.16. The van der Waals surface area contributed by atoms with Crippen LogP contribution in [0.15, 0.2) is 42.5 Å². The SMILES string of the molecule is CCN(CC(=O)Nc1cc(C(=O)OC)ccc1C(=O)OC)Cc1ccc(N(C)C)cc1. The molecule has 0 spiro atoms. The number of methoxy groups -OCH3 is 2. The maximum Gasteiger partial charge on any atom is 0.339 e. The Morgan fingerprint density at radius 3 is 2.13 bits per heavy atom. The van der Waals surface area contributed by atoms with Gasteiger partial charge in [0, 0.05) is 26.3 Å². The maximum atomic E-state index is 12.7. The van der Waals surface area contributed by atoms with Crippen molar-refractivity contribution in [2.45, 2.75) is 13.5 Å². The van der Waals surface area contributed by atoms with Crippen molar-refractivity contribution in [1.29, 1.82) is 0 Å². The number of rotatable bonds is 9. The Morgan fingerprint density at radius 2 is 1.58 bits per heavy atom. The quantitative estimate of drug-likeness (QED) is 0.616. The molecule has 0 saturated heterocycles. The molecular formula is C23H29N3O5. The summed E-state index contributed by atoms with van der Waals surface area (Å²) in [4.78, 5) is 40.6. The molecule has 0 aliphatic carbocycles. The molecule has 1 amide bonds. The van der Waals surface area contributed by atoms with E-state index in [-0.39, 0.29) is 29.3 Å². The normalized spacial score (nSPS) is 10.5. The molecule has 0 fully saturated rings. The van der Waals surface area contributed by atoms with Gasteiger partial charge in [-0.3, -0.25) is 9.69 Å². The molecule has 8 nitrogen and oxygen atoms in total. The molecule has 0 heterocycles. The first-order valence-corrected chi connectivity index (χ1v) is 9.88. The van der Waals surface area contributed by atoms with Gasteiger partial charge in [0.15, 0.2) is 0 Å². The number of nitrogens with zero attached hydrogens (tertiary/aromatic N) is 2. The zero-order valence-corrected chi connectivity index (χ0v) is 18.6. The van der Waals surface area contributed by atoms with Crippen LogP contribution in [0.25, 0.3) is 0 Å². The minimum atomic E-state index is -0.611. The number of benzene rings is 2. The van der Waals surface area contributed by atoms with E-state index in [1.165, 1.54) is 32.4 Å². The Kier molecular flexibility index (Phi) is 8.57. The predicted molar refractivity (Wildman–Crippen MR) is 119 cm³/mol. The minimum Gasteiger partial charge on any atom is -0.465 e. The minimum absolute atomic E-state index is 0.120. The number of hydrogen-bond donors (Lipinski definition) is 1. The molecule has 0 radical (unpaired) electrons. The molecule has 0 aliphatic rings. The van der Waals surface area contributed by atoms with Gasteiger partial charge >= 0.3 is 11.9 Å². The van der Waals surface area contributed by atoms with Crippen LogP contribution < -0.4 is 10.2 Å². The molecule has 0 atom stereocenters. The number of carbonyl (C=O) groups excluding carboxylic acids is 3. The van der Waals surface area contributed by atoms with E-state index in [9.17, 15) is 14.4 Å². The summed E-state index contributed by atoms with van der Waals surface area (Å²) < 4.78 is 9.49. The predicted octanol–water partition coefficient (Wildman–Crippen LogP) is 2.79. The molecule has 0 saturated carbocycles. The zero-order valence-electron chi connectivity index (χ0n) is 18.6. The van der Waals surface area contributed by atoms with Crippen LogP contribution in [0, 0.1) is 0 Å². The van der Waals surface area contributed by atoms with Gasteiger partial charge in [0.2, 0.25) is 5.91 Å². The highest BCUT2D eigenvalue weighted by Gasteiger charge is 2.18. The van der Waals surface area contributed by atoms with Crippen LogP contribution in [-0.2, 0) is 20.8 Å². The van der Waals surface area contributed by atoms with Crippen molar-refractivity contribution in [3.05, 3.63) is 59.2 Å². The Labute approximate surface area is 182 Å². The summed E-state index contributed by atoms with van der Waals surface area (Å²) in [6.07, 6.45) is 0. The number of hydrogen-bond acceptors (Lipinski definition) is 7. The third-order valence-electron chi connectivity index (χ3n) is 4.79. The Morgan fingerprint density at radius 1 is 0.935 bits per heavy atom. The van der Waals surface area contributed by atoms with Gasteiger partial charge in [0.05, 0.1) is 37.6 Å². The van der Waals surface area contributed by atoms with Gasteiger partial charge in [-0.25, -0.2) is 9.59 Å². The van der Waals surface area contributed by atoms with E-state index in [1.54, 1.807) is 0 Å². The highest BCUT2D eigenvalue weighted by Crippen LogP contribution is 2.20. The van der Waals surface area contributed by atoms with Crippen molar-refractivity contribution < 1.29 is 23.9 Å². The molecule has 8 heteroatoms. The molecule has 31 heavy (non-hydrogen) atoms. The molecule has 0 aromatic heterocycles. The van der Waals surface area contributed by atoms with E-state index in [0.29, 0.717) is 13.1 Å². The van der Waals surface area contributed by atoms with E-state index < -0.39 is 11.9 Å². The van der Waals surface area contributed by atoms with Gasteiger partial charge < -0.3 is 19.7 Å². The fourth-order valence-electron chi connectivity index (χ4n) is 3.01. The number of nitrogens with one attached hydrogen (secondary N) is 1. The smallest absolute Gasteiger partial charge is 0.339 e. The van der Waals surface area contributed by atoms with E-state index in [2.05, 4.69) is 5.32 Å². The average Bonchev–Trinajstić information content (AvgIpc) is 2.77. The van der Waals surface area contributed by atoms with Crippen LogP contribution in [0.2, 0.25) is 0 Å². The average molecular weight is 428 g/mol. The number of likely N-dealkylation sites (N-methyl/N-ethyl adjacent to an activating group) is 1. The van der Waals surface area contributed by atoms with E-state index in [4.69, 9.17) is 9.47 Å². The summed E-state index contributed by atoms with van der Waals surface area (Å²) >= 11 is 0. The van der Waals surface area contributed by atoms with Crippen LogP contribution in [0.1, 0.15) is 33.2 Å². The lowest BCUT2D eigenvalue weighted by Crippen LogP contribution is -2.33. The van der Waals surface area contributed by atoms with Gasteiger partial charge in [-0.2, -0.15) is 0 Å². The topological polar surface area (TPSA) is 88.2 Å². The molecule has 2 aromatic rings. The molecular weight excluding hydrogens is 398 g/mol. The van der Waals surface area contributed by atoms with Crippen molar-refractivity contribution >= 4 is 29.2 Å². The second-order valence-corrected chi connectivity index (χ2v) is 7.16. The second kappa shape index (κ2) is 11.1. The zero-order chi connectivity index (χ0) is 23.0. The number of ether oxygens (including phenoxy) is 2. The van der Waals surface area contributed by atoms with Gasteiger partial charge in [-0.05, 0) is 42.4 Å². The Bertz CT molecular complexity index is 925. The third-order valence-corrected chi connectivity index (χ3v) is 4.79. The molecule has 2 aromatic carbocycles. The Balaban J connectivity index is 2.13. The fraction of sp³-hybridized carbons (Fsp3) is 0.348. The van der Waals surface area contributed by atoms with Gasteiger partial charge in [-0.1, -0.05) is 19.1 Å². The molecule has 2 rings (SSSR count). The first-order valence-electron chi connectivity index (χ1n) is 9.88. The van der Waals surface area contributed by atoms with Crippen molar-refractivity contribution in [1.82, 2.24) is 4.90 Å². The summed E-state index contributed by atoms with van der Waals surface area (Å²) in [6.45, 7) is 3.35. The molecule has 0 aliphatic heterocycles. The van der Waals surface area contributed by atoms with Crippen LogP contribution >= 0.6 is 0 Å². The number of anilines is 2. The lowest BCUT2D eigenvalue weighted by atomic mass is 10.1. The molecule has 0 bridgehead atoms. The number of carbonyl (C=O) groups is 3. The number of amides is 1. The van der Waals surface area contributed by atoms with E-state index in [0.717, 1.165) is 11.3 Å². The fourth-order valence-corrected chi connectivity index (χ4v) is 3.01. The van der Waals surface area contributed by atoms with Crippen LogP contribution in [0.3, 0.4) is 0 Å². The monoisotopic (exact) mass is 427 g/mol. The summed E-state index contributed by atoms with van der Waals surface area (Å²) in [6, 6.07) is 12.4. The molecule has 1 N–H and O–H groups in total. The Hall–Kier alpha value is -3.39. The molecule has 0 unspecified atom stereocenters. The summed E-state index contributed by atoms with van der Waals surface area (Å²) in [7, 11) is 6.48. The first kappa shape index (κ1) is 23.9. The van der Waals surface area contributed by atoms with Crippen molar-refractivity contribution in [3.63, 3.8) is 0 Å².